The average molecular weight is 408 g/mol. The predicted molar refractivity (Wildman–Crippen MR) is 108 cm³/mol. The maximum absolute atomic E-state index is 12.9. The number of carbonyl (C=O) groups is 2. The van der Waals surface area contributed by atoms with Gasteiger partial charge in [0.2, 0.25) is 16.9 Å². The van der Waals surface area contributed by atoms with Crippen LogP contribution in [0.5, 0.6) is 0 Å². The molecule has 3 rings (SSSR count). The molecule has 8 nitrogen and oxygen atoms in total. The number of carbonyl (C=O) groups excluding carboxylic acids is 2. The maximum Gasteiger partial charge on any atom is 0.237 e. The minimum absolute atomic E-state index is 0.0689. The van der Waals surface area contributed by atoms with Crippen LogP contribution >= 0.6 is 23.1 Å². The van der Waals surface area contributed by atoms with E-state index in [0.29, 0.717) is 28.3 Å². The van der Waals surface area contributed by atoms with Crippen LogP contribution in [0.3, 0.4) is 0 Å². The number of nitrogens with one attached hydrogen (secondary N) is 2. The molecular weight excluding hydrogens is 386 g/mol. The molecule has 0 aliphatic carbocycles. The van der Waals surface area contributed by atoms with E-state index >= 15 is 0 Å². The Bertz CT molecular complexity index is 813. The second kappa shape index (κ2) is 9.16. The molecule has 1 aromatic heterocycles. The number of benzene rings is 1. The molecule has 1 aliphatic heterocycles. The van der Waals surface area contributed by atoms with Gasteiger partial charge in [-0.05, 0) is 19.1 Å². The molecule has 2 aromatic rings. The van der Waals surface area contributed by atoms with Crippen LogP contribution in [-0.2, 0) is 14.3 Å². The second-order valence-electron chi connectivity index (χ2n) is 5.96. The van der Waals surface area contributed by atoms with Crippen molar-refractivity contribution in [3.8, 4) is 0 Å². The van der Waals surface area contributed by atoms with Gasteiger partial charge in [-0.1, -0.05) is 35.2 Å². The van der Waals surface area contributed by atoms with E-state index in [4.69, 9.17) is 4.74 Å². The van der Waals surface area contributed by atoms with Crippen molar-refractivity contribution in [1.29, 1.82) is 0 Å². The monoisotopic (exact) mass is 407 g/mol. The first kappa shape index (κ1) is 19.6. The first-order valence-electron chi connectivity index (χ1n) is 8.48. The molecule has 1 unspecified atom stereocenters. The first-order chi connectivity index (χ1) is 13.1. The third kappa shape index (κ3) is 4.96. The third-order valence-electron chi connectivity index (χ3n) is 3.94. The Kier molecular flexibility index (Phi) is 6.64. The van der Waals surface area contributed by atoms with Crippen LogP contribution in [0.4, 0.5) is 16.5 Å². The second-order valence-corrected chi connectivity index (χ2v) is 8.16. The van der Waals surface area contributed by atoms with Crippen LogP contribution in [0.1, 0.15) is 13.3 Å². The summed E-state index contributed by atoms with van der Waals surface area (Å²) in [5.41, 5.74) is 1.38. The Morgan fingerprint density at radius 2 is 2.26 bits per heavy atom. The summed E-state index contributed by atoms with van der Waals surface area (Å²) < 4.78 is 5.70. The zero-order chi connectivity index (χ0) is 19.2. The van der Waals surface area contributed by atoms with Gasteiger partial charge in [-0.3, -0.25) is 9.59 Å². The van der Waals surface area contributed by atoms with Gasteiger partial charge in [0.15, 0.2) is 4.34 Å². The summed E-state index contributed by atoms with van der Waals surface area (Å²) in [6, 6.07) is 7.14. The van der Waals surface area contributed by atoms with Crippen LogP contribution in [-0.4, -0.2) is 54.1 Å². The minimum Gasteiger partial charge on any atom is -0.383 e. The fourth-order valence-electron chi connectivity index (χ4n) is 2.76. The highest BCUT2D eigenvalue weighted by molar-refractivity contribution is 8.01. The number of fused-ring (bicyclic) bond motifs is 1. The van der Waals surface area contributed by atoms with Gasteiger partial charge >= 0.3 is 0 Å². The van der Waals surface area contributed by atoms with Gasteiger partial charge in [-0.25, -0.2) is 0 Å². The van der Waals surface area contributed by atoms with Crippen LogP contribution in [0, 0.1) is 0 Å². The molecule has 2 heterocycles. The van der Waals surface area contributed by atoms with Crippen LogP contribution in [0.2, 0.25) is 0 Å². The number of thioether (sulfide) groups is 1. The van der Waals surface area contributed by atoms with E-state index in [-0.39, 0.29) is 30.0 Å². The quantitative estimate of drug-likeness (QED) is 0.537. The molecule has 27 heavy (non-hydrogen) atoms. The molecule has 0 bridgehead atoms. The summed E-state index contributed by atoms with van der Waals surface area (Å²) in [7, 11) is 1.64. The van der Waals surface area contributed by atoms with Gasteiger partial charge in [0, 0.05) is 26.1 Å². The number of para-hydroxylation sites is 2. The summed E-state index contributed by atoms with van der Waals surface area (Å²) in [4.78, 5) is 26.6. The van der Waals surface area contributed by atoms with Gasteiger partial charge in [0.1, 0.15) is 0 Å². The Morgan fingerprint density at radius 3 is 3.07 bits per heavy atom. The highest BCUT2D eigenvalue weighted by atomic mass is 32.2. The molecule has 2 amide bonds. The largest absolute Gasteiger partial charge is 0.383 e. The zero-order valence-corrected chi connectivity index (χ0v) is 16.7. The van der Waals surface area contributed by atoms with Crippen molar-refractivity contribution in [2.24, 2.45) is 0 Å². The summed E-state index contributed by atoms with van der Waals surface area (Å²) in [5.74, 6) is 0.0638. The SMILES string of the molecule is COCCNc1nnc(SCC(=O)N2c3ccccc3NC(=O)CC2C)s1. The number of anilines is 3. The van der Waals surface area contributed by atoms with Gasteiger partial charge in [-0.2, -0.15) is 0 Å². The Hall–Kier alpha value is -2.17. The molecule has 0 fully saturated rings. The molecule has 144 valence electrons. The molecular formula is C17H21N5O3S2. The van der Waals surface area contributed by atoms with Crippen molar-refractivity contribution in [3.05, 3.63) is 24.3 Å². The van der Waals surface area contributed by atoms with Crippen molar-refractivity contribution in [2.45, 2.75) is 23.7 Å². The summed E-state index contributed by atoms with van der Waals surface area (Å²) in [6.07, 6.45) is 0.261. The molecule has 2 N–H and O–H groups in total. The minimum atomic E-state index is -0.220. The number of hydrogen-bond donors (Lipinski definition) is 2. The number of methoxy groups -OCH3 is 1. The predicted octanol–water partition coefficient (Wildman–Crippen LogP) is 2.45. The van der Waals surface area contributed by atoms with E-state index in [2.05, 4.69) is 20.8 Å². The standard InChI is InChI=1S/C17H21N5O3S2/c1-11-9-14(23)19-12-5-3-4-6-13(12)22(11)15(24)10-26-17-21-20-16(27-17)18-7-8-25-2/h3-6,11H,7-10H2,1-2H3,(H,18,20)(H,19,23). The van der Waals surface area contributed by atoms with E-state index in [1.807, 2.05) is 25.1 Å². The molecule has 1 atom stereocenters. The molecule has 0 spiro atoms. The zero-order valence-electron chi connectivity index (χ0n) is 15.1. The van der Waals surface area contributed by atoms with E-state index < -0.39 is 0 Å². The van der Waals surface area contributed by atoms with Crippen LogP contribution < -0.4 is 15.5 Å². The molecule has 1 aliphatic rings. The first-order valence-corrected chi connectivity index (χ1v) is 10.3. The number of ether oxygens (including phenoxy) is 1. The highest BCUT2D eigenvalue weighted by Gasteiger charge is 2.29. The van der Waals surface area contributed by atoms with E-state index in [1.165, 1.54) is 23.1 Å². The Morgan fingerprint density at radius 1 is 1.44 bits per heavy atom. The van der Waals surface area contributed by atoms with E-state index in [9.17, 15) is 9.59 Å². The van der Waals surface area contributed by atoms with Crippen molar-refractivity contribution in [2.75, 3.05) is 41.5 Å². The molecule has 10 heteroatoms. The van der Waals surface area contributed by atoms with E-state index in [0.717, 1.165) is 5.69 Å². The summed E-state index contributed by atoms with van der Waals surface area (Å²) in [6.45, 7) is 3.12. The smallest absolute Gasteiger partial charge is 0.237 e. The van der Waals surface area contributed by atoms with Crippen LogP contribution in [0.15, 0.2) is 28.6 Å². The van der Waals surface area contributed by atoms with Crippen molar-refractivity contribution < 1.29 is 14.3 Å². The number of amides is 2. The Labute approximate surface area is 165 Å². The molecule has 1 aromatic carbocycles. The topological polar surface area (TPSA) is 96.4 Å². The van der Waals surface area contributed by atoms with Gasteiger partial charge in [0.05, 0.1) is 23.7 Å². The fraction of sp³-hybridized carbons (Fsp3) is 0.412. The third-order valence-corrected chi connectivity index (χ3v) is 5.93. The van der Waals surface area contributed by atoms with Crippen LogP contribution in [0.25, 0.3) is 0 Å². The highest BCUT2D eigenvalue weighted by Crippen LogP contribution is 2.33. The number of rotatable bonds is 7. The van der Waals surface area contributed by atoms with Gasteiger partial charge in [0.25, 0.3) is 0 Å². The maximum atomic E-state index is 12.9. The lowest BCUT2D eigenvalue weighted by molar-refractivity contribution is -0.117. The van der Waals surface area contributed by atoms with Crippen molar-refractivity contribution >= 4 is 51.4 Å². The number of hydrogen-bond acceptors (Lipinski definition) is 8. The van der Waals surface area contributed by atoms with Crippen molar-refractivity contribution in [1.82, 2.24) is 10.2 Å². The lowest BCUT2D eigenvalue weighted by atomic mass is 10.2. The van der Waals surface area contributed by atoms with Crippen molar-refractivity contribution in [3.63, 3.8) is 0 Å². The lowest BCUT2D eigenvalue weighted by Crippen LogP contribution is -2.40. The van der Waals surface area contributed by atoms with Gasteiger partial charge < -0.3 is 20.3 Å². The molecule has 0 saturated heterocycles. The summed E-state index contributed by atoms with van der Waals surface area (Å²) in [5, 5.41) is 14.8. The number of aromatic nitrogens is 2. The molecule has 0 saturated carbocycles. The normalized spacial score (nSPS) is 16.4. The lowest BCUT2D eigenvalue weighted by Gasteiger charge is -2.27. The summed E-state index contributed by atoms with van der Waals surface area (Å²) >= 11 is 2.74. The average Bonchev–Trinajstić information content (AvgIpc) is 3.04. The van der Waals surface area contributed by atoms with E-state index in [1.54, 1.807) is 18.1 Å². The van der Waals surface area contributed by atoms with Gasteiger partial charge in [-0.15, -0.1) is 10.2 Å². The number of nitrogens with zero attached hydrogens (tertiary/aromatic N) is 3. The Balaban J connectivity index is 1.66. The fourth-order valence-corrected chi connectivity index (χ4v) is 4.40. The molecule has 0 radical (unpaired) electrons.